The Bertz CT molecular complexity index is 955. The van der Waals surface area contributed by atoms with Crippen molar-refractivity contribution in [1.82, 2.24) is 0 Å². The van der Waals surface area contributed by atoms with Crippen LogP contribution in [-0.4, -0.2) is 21.4 Å². The number of ether oxygens (including phenoxy) is 1. The van der Waals surface area contributed by atoms with Crippen LogP contribution in [0.3, 0.4) is 0 Å². The van der Waals surface area contributed by atoms with Crippen LogP contribution in [-0.2, 0) is 14.8 Å². The van der Waals surface area contributed by atoms with Gasteiger partial charge in [0.15, 0.2) is 0 Å². The van der Waals surface area contributed by atoms with E-state index in [4.69, 9.17) is 4.74 Å². The Labute approximate surface area is 170 Å². The number of rotatable bonds is 8. The van der Waals surface area contributed by atoms with Crippen molar-refractivity contribution in [3.05, 3.63) is 48.3 Å². The first kappa shape index (κ1) is 21.1. The van der Waals surface area contributed by atoms with Crippen LogP contribution >= 0.6 is 0 Å². The molecule has 0 heterocycles. The molecular formula is C21H25FN2O4S. The van der Waals surface area contributed by atoms with Crippen LogP contribution in [0.15, 0.2) is 47.4 Å². The molecule has 0 spiro atoms. The Hall–Kier alpha value is -2.61. The second-order valence-corrected chi connectivity index (χ2v) is 8.89. The van der Waals surface area contributed by atoms with E-state index >= 15 is 0 Å². The van der Waals surface area contributed by atoms with Gasteiger partial charge in [-0.05, 0) is 54.8 Å². The van der Waals surface area contributed by atoms with E-state index in [9.17, 15) is 17.6 Å². The normalized spacial score (nSPS) is 14.6. The van der Waals surface area contributed by atoms with Crippen molar-refractivity contribution < 1.29 is 22.3 Å². The molecule has 3 rings (SSSR count). The number of carbonyl (C=O) groups is 1. The SMILES string of the molecule is COc1ccc(NC(=O)CCC2CCCC2)cc1NS(=O)(=O)c1ccc(F)cc1. The van der Waals surface area contributed by atoms with Gasteiger partial charge in [-0.3, -0.25) is 9.52 Å². The number of hydrogen-bond acceptors (Lipinski definition) is 4. The van der Waals surface area contributed by atoms with Crippen LogP contribution in [0.5, 0.6) is 5.75 Å². The minimum absolute atomic E-state index is 0.0769. The van der Waals surface area contributed by atoms with Crippen molar-refractivity contribution in [2.45, 2.75) is 43.4 Å². The van der Waals surface area contributed by atoms with E-state index in [-0.39, 0.29) is 16.5 Å². The van der Waals surface area contributed by atoms with E-state index in [0.29, 0.717) is 23.8 Å². The first-order valence-corrected chi connectivity index (χ1v) is 11.1. The summed E-state index contributed by atoms with van der Waals surface area (Å²) in [6, 6.07) is 9.25. The van der Waals surface area contributed by atoms with Crippen LogP contribution in [0.1, 0.15) is 38.5 Å². The molecule has 6 nitrogen and oxygen atoms in total. The second-order valence-electron chi connectivity index (χ2n) is 7.21. The average molecular weight is 421 g/mol. The molecule has 1 aliphatic rings. The summed E-state index contributed by atoms with van der Waals surface area (Å²) < 4.78 is 45.9. The molecule has 2 aromatic carbocycles. The fourth-order valence-electron chi connectivity index (χ4n) is 3.54. The lowest BCUT2D eigenvalue weighted by Gasteiger charge is -2.14. The predicted octanol–water partition coefficient (Wildman–Crippen LogP) is 4.54. The average Bonchev–Trinajstić information content (AvgIpc) is 3.20. The Morgan fingerprint density at radius 2 is 1.83 bits per heavy atom. The highest BCUT2D eigenvalue weighted by Crippen LogP contribution is 2.31. The number of hydrogen-bond donors (Lipinski definition) is 2. The largest absolute Gasteiger partial charge is 0.495 e. The molecule has 2 N–H and O–H groups in total. The Kier molecular flexibility index (Phi) is 6.74. The van der Waals surface area contributed by atoms with Crippen LogP contribution in [0, 0.1) is 11.7 Å². The van der Waals surface area contributed by atoms with Gasteiger partial charge in [0.1, 0.15) is 11.6 Å². The summed E-state index contributed by atoms with van der Waals surface area (Å²) in [5.74, 6) is 0.299. The third-order valence-corrected chi connectivity index (χ3v) is 6.49. The van der Waals surface area contributed by atoms with Crippen molar-refractivity contribution in [3.63, 3.8) is 0 Å². The van der Waals surface area contributed by atoms with Crippen LogP contribution in [0.4, 0.5) is 15.8 Å². The number of anilines is 2. The molecular weight excluding hydrogens is 395 g/mol. The zero-order chi connectivity index (χ0) is 20.9. The Morgan fingerprint density at radius 3 is 2.48 bits per heavy atom. The van der Waals surface area contributed by atoms with Crippen LogP contribution in [0.25, 0.3) is 0 Å². The number of nitrogens with one attached hydrogen (secondary N) is 2. The lowest BCUT2D eigenvalue weighted by molar-refractivity contribution is -0.116. The summed E-state index contributed by atoms with van der Waals surface area (Å²) in [4.78, 5) is 12.2. The quantitative estimate of drug-likeness (QED) is 0.656. The Balaban J connectivity index is 1.71. The zero-order valence-corrected chi connectivity index (χ0v) is 17.1. The summed E-state index contributed by atoms with van der Waals surface area (Å²) in [6.45, 7) is 0. The van der Waals surface area contributed by atoms with Crippen molar-refractivity contribution in [3.8, 4) is 5.75 Å². The molecule has 1 amide bonds. The fraction of sp³-hybridized carbons (Fsp3) is 0.381. The van der Waals surface area contributed by atoms with Crippen LogP contribution in [0.2, 0.25) is 0 Å². The molecule has 0 unspecified atom stereocenters. The number of methoxy groups -OCH3 is 1. The number of halogens is 1. The van der Waals surface area contributed by atoms with E-state index in [1.807, 2.05) is 0 Å². The topological polar surface area (TPSA) is 84.5 Å². The Morgan fingerprint density at radius 1 is 1.14 bits per heavy atom. The van der Waals surface area contributed by atoms with E-state index in [1.54, 1.807) is 12.1 Å². The molecule has 1 aliphatic carbocycles. The summed E-state index contributed by atoms with van der Waals surface area (Å²) >= 11 is 0. The molecule has 8 heteroatoms. The number of carbonyl (C=O) groups excluding carboxylic acids is 1. The summed E-state index contributed by atoms with van der Waals surface area (Å²) in [5, 5.41) is 2.81. The van der Waals surface area contributed by atoms with Gasteiger partial charge in [0.25, 0.3) is 10.0 Å². The summed E-state index contributed by atoms with van der Waals surface area (Å²) in [5.41, 5.74) is 0.657. The van der Waals surface area contributed by atoms with Gasteiger partial charge in [-0.25, -0.2) is 12.8 Å². The van der Waals surface area contributed by atoms with Crippen molar-refractivity contribution in [1.29, 1.82) is 0 Å². The minimum Gasteiger partial charge on any atom is -0.495 e. The summed E-state index contributed by atoms with van der Waals surface area (Å²) in [6.07, 6.45) is 6.15. The van der Waals surface area contributed by atoms with E-state index in [2.05, 4.69) is 10.0 Å². The van der Waals surface area contributed by atoms with Gasteiger partial charge in [0.05, 0.1) is 17.7 Å². The van der Waals surface area contributed by atoms with Gasteiger partial charge in [-0.1, -0.05) is 25.7 Å². The maximum Gasteiger partial charge on any atom is 0.262 e. The molecule has 0 atom stereocenters. The molecule has 0 saturated heterocycles. The second kappa shape index (κ2) is 9.26. The molecule has 0 bridgehead atoms. The summed E-state index contributed by atoms with van der Waals surface area (Å²) in [7, 11) is -2.52. The monoisotopic (exact) mass is 420 g/mol. The molecule has 2 aromatic rings. The number of benzene rings is 2. The standard InChI is InChI=1S/C21H25FN2O4S/c1-28-20-12-9-17(23-21(25)13-6-15-4-2-3-5-15)14-19(20)24-29(26,27)18-10-7-16(22)8-11-18/h7-12,14-15,24H,2-6,13H2,1H3,(H,23,25). The molecule has 29 heavy (non-hydrogen) atoms. The molecule has 156 valence electrons. The highest BCUT2D eigenvalue weighted by Gasteiger charge is 2.19. The van der Waals surface area contributed by atoms with E-state index < -0.39 is 15.8 Å². The fourth-order valence-corrected chi connectivity index (χ4v) is 4.60. The maximum absolute atomic E-state index is 13.1. The third kappa shape index (κ3) is 5.69. The maximum atomic E-state index is 13.1. The van der Waals surface area contributed by atoms with Gasteiger partial charge < -0.3 is 10.1 Å². The van der Waals surface area contributed by atoms with Crippen molar-refractivity contribution in [2.24, 2.45) is 5.92 Å². The lowest BCUT2D eigenvalue weighted by atomic mass is 10.0. The lowest BCUT2D eigenvalue weighted by Crippen LogP contribution is -2.15. The minimum atomic E-state index is -3.94. The van der Waals surface area contributed by atoms with Gasteiger partial charge >= 0.3 is 0 Å². The first-order chi connectivity index (χ1) is 13.9. The number of amides is 1. The highest BCUT2D eigenvalue weighted by molar-refractivity contribution is 7.92. The molecule has 0 aliphatic heterocycles. The van der Waals surface area contributed by atoms with Gasteiger partial charge in [0, 0.05) is 12.1 Å². The van der Waals surface area contributed by atoms with Crippen molar-refractivity contribution >= 4 is 27.3 Å². The van der Waals surface area contributed by atoms with Gasteiger partial charge in [-0.2, -0.15) is 0 Å². The van der Waals surface area contributed by atoms with Gasteiger partial charge in [-0.15, -0.1) is 0 Å². The van der Waals surface area contributed by atoms with E-state index in [1.165, 1.54) is 51.0 Å². The van der Waals surface area contributed by atoms with Crippen molar-refractivity contribution in [2.75, 3.05) is 17.1 Å². The molecule has 0 aromatic heterocycles. The molecule has 1 fully saturated rings. The first-order valence-electron chi connectivity index (χ1n) is 9.63. The van der Waals surface area contributed by atoms with Gasteiger partial charge in [0.2, 0.25) is 5.91 Å². The molecule has 1 saturated carbocycles. The number of sulfonamides is 1. The van der Waals surface area contributed by atoms with E-state index in [0.717, 1.165) is 18.6 Å². The van der Waals surface area contributed by atoms with Crippen LogP contribution < -0.4 is 14.8 Å². The zero-order valence-electron chi connectivity index (χ0n) is 16.3. The molecule has 0 radical (unpaired) electrons. The third-order valence-electron chi connectivity index (χ3n) is 5.11. The predicted molar refractivity (Wildman–Crippen MR) is 110 cm³/mol. The highest BCUT2D eigenvalue weighted by atomic mass is 32.2. The smallest absolute Gasteiger partial charge is 0.262 e.